The van der Waals surface area contributed by atoms with Crippen LogP contribution in [-0.4, -0.2) is 17.4 Å². The van der Waals surface area contributed by atoms with Crippen LogP contribution >= 0.6 is 0 Å². The van der Waals surface area contributed by atoms with Gasteiger partial charge < -0.3 is 4.90 Å². The zero-order valence-electron chi connectivity index (χ0n) is 9.88. The van der Waals surface area contributed by atoms with Gasteiger partial charge in [-0.15, -0.1) is 0 Å². The molecule has 0 saturated carbocycles. The van der Waals surface area contributed by atoms with Crippen LogP contribution in [0.5, 0.6) is 0 Å². The molecule has 1 aromatic rings. The molecule has 1 fully saturated rings. The second-order valence-corrected chi connectivity index (χ2v) is 4.16. The Morgan fingerprint density at radius 3 is 2.65 bits per heavy atom. The molecule has 0 radical (unpaired) electrons. The van der Waals surface area contributed by atoms with Crippen LogP contribution < -0.4 is 0 Å². The van der Waals surface area contributed by atoms with Crippen LogP contribution in [0.1, 0.15) is 24.8 Å². The molecule has 0 bridgehead atoms. The van der Waals surface area contributed by atoms with Crippen molar-refractivity contribution in [3.63, 3.8) is 0 Å². The van der Waals surface area contributed by atoms with E-state index in [0.29, 0.717) is 6.42 Å². The molecule has 0 aliphatic carbocycles. The van der Waals surface area contributed by atoms with E-state index in [0.717, 1.165) is 19.4 Å². The van der Waals surface area contributed by atoms with Gasteiger partial charge in [0.05, 0.1) is 0 Å². The summed E-state index contributed by atoms with van der Waals surface area (Å²) in [4.78, 5) is 13.3. The van der Waals surface area contributed by atoms with Crippen molar-refractivity contribution >= 4 is 12.0 Å². The minimum atomic E-state index is 0.237. The van der Waals surface area contributed by atoms with E-state index >= 15 is 0 Å². The molecule has 1 amide bonds. The number of hydrogen-bond acceptors (Lipinski definition) is 1. The highest BCUT2D eigenvalue weighted by Crippen LogP contribution is 2.10. The average Bonchev–Trinajstić information content (AvgIpc) is 2.38. The van der Waals surface area contributed by atoms with Crippen molar-refractivity contribution in [3.8, 4) is 0 Å². The van der Waals surface area contributed by atoms with Gasteiger partial charge >= 0.3 is 0 Å². The zero-order valence-corrected chi connectivity index (χ0v) is 9.88. The highest BCUT2D eigenvalue weighted by Gasteiger charge is 2.14. The summed E-state index contributed by atoms with van der Waals surface area (Å²) in [5, 5.41) is 0. The van der Waals surface area contributed by atoms with E-state index < -0.39 is 0 Å². The number of carbonyl (C=O) groups is 1. The maximum absolute atomic E-state index is 11.5. The minimum Gasteiger partial charge on any atom is -0.319 e. The number of piperidine rings is 1. The first-order valence-corrected chi connectivity index (χ1v) is 6.06. The molecule has 0 atom stereocenters. The van der Waals surface area contributed by atoms with Gasteiger partial charge in [0, 0.05) is 19.2 Å². The third-order valence-electron chi connectivity index (χ3n) is 2.83. The van der Waals surface area contributed by atoms with Crippen LogP contribution in [0.15, 0.2) is 48.7 Å². The van der Waals surface area contributed by atoms with E-state index in [2.05, 4.69) is 12.1 Å². The van der Waals surface area contributed by atoms with Crippen molar-refractivity contribution in [2.24, 2.45) is 0 Å². The van der Waals surface area contributed by atoms with Crippen molar-refractivity contribution in [1.82, 2.24) is 4.90 Å². The Balaban J connectivity index is 1.89. The molecule has 0 N–H and O–H groups in total. The minimum absolute atomic E-state index is 0.237. The van der Waals surface area contributed by atoms with Gasteiger partial charge in [0.2, 0.25) is 5.91 Å². The van der Waals surface area contributed by atoms with Crippen LogP contribution in [0.4, 0.5) is 0 Å². The number of nitrogens with zero attached hydrogens (tertiary/aromatic N) is 1. The van der Waals surface area contributed by atoms with Crippen molar-refractivity contribution in [2.75, 3.05) is 6.54 Å². The lowest BCUT2D eigenvalue weighted by Crippen LogP contribution is -2.30. The summed E-state index contributed by atoms with van der Waals surface area (Å²) < 4.78 is 0. The van der Waals surface area contributed by atoms with Gasteiger partial charge in [-0.05, 0) is 24.5 Å². The first-order valence-electron chi connectivity index (χ1n) is 6.06. The topological polar surface area (TPSA) is 20.3 Å². The van der Waals surface area contributed by atoms with E-state index in [1.54, 1.807) is 4.90 Å². The maximum atomic E-state index is 11.5. The Hall–Kier alpha value is -1.83. The second-order valence-electron chi connectivity index (χ2n) is 4.16. The lowest BCUT2D eigenvalue weighted by molar-refractivity contribution is -0.130. The van der Waals surface area contributed by atoms with Crippen molar-refractivity contribution in [2.45, 2.75) is 19.3 Å². The van der Waals surface area contributed by atoms with Crippen molar-refractivity contribution < 1.29 is 4.79 Å². The Kier molecular flexibility index (Phi) is 4.14. The monoisotopic (exact) mass is 227 g/mol. The number of carbonyl (C=O) groups excluding carboxylic acids is 1. The average molecular weight is 227 g/mol. The molecule has 0 unspecified atom stereocenters. The standard InChI is InChI=1S/C15H17NO/c17-15-11-5-7-13-16(15)12-6-4-10-14-8-2-1-3-9-14/h1-4,6,8-10,12H,5,7,11,13H2/b10-4-,12-6+. The normalized spacial score (nSPS) is 17.2. The number of amides is 1. The first-order chi connectivity index (χ1) is 8.36. The molecule has 2 heteroatoms. The van der Waals surface area contributed by atoms with E-state index in [9.17, 15) is 4.79 Å². The quantitative estimate of drug-likeness (QED) is 0.726. The number of rotatable bonds is 3. The van der Waals surface area contributed by atoms with Gasteiger partial charge in [0.1, 0.15) is 0 Å². The zero-order chi connectivity index (χ0) is 11.9. The Morgan fingerprint density at radius 2 is 1.88 bits per heavy atom. The third kappa shape index (κ3) is 3.59. The lowest BCUT2D eigenvalue weighted by Gasteiger charge is -2.22. The molecule has 17 heavy (non-hydrogen) atoms. The summed E-state index contributed by atoms with van der Waals surface area (Å²) in [5.74, 6) is 0.237. The number of benzene rings is 1. The van der Waals surface area contributed by atoms with Crippen LogP contribution in [0.3, 0.4) is 0 Å². The van der Waals surface area contributed by atoms with Gasteiger partial charge in [-0.1, -0.05) is 42.5 Å². The summed E-state index contributed by atoms with van der Waals surface area (Å²) in [6.45, 7) is 0.856. The summed E-state index contributed by atoms with van der Waals surface area (Å²) in [6.07, 6.45) is 10.6. The predicted molar refractivity (Wildman–Crippen MR) is 70.2 cm³/mol. The second kappa shape index (κ2) is 6.04. The number of hydrogen-bond donors (Lipinski definition) is 0. The molecular formula is C15H17NO. The third-order valence-corrected chi connectivity index (χ3v) is 2.83. The van der Waals surface area contributed by atoms with Crippen LogP contribution in [0.25, 0.3) is 6.08 Å². The summed E-state index contributed by atoms with van der Waals surface area (Å²) >= 11 is 0. The summed E-state index contributed by atoms with van der Waals surface area (Å²) in [7, 11) is 0. The molecule has 2 rings (SSSR count). The largest absolute Gasteiger partial charge is 0.319 e. The van der Waals surface area contributed by atoms with Crippen LogP contribution in [-0.2, 0) is 4.79 Å². The first kappa shape index (κ1) is 11.6. The maximum Gasteiger partial charge on any atom is 0.226 e. The molecule has 1 saturated heterocycles. The summed E-state index contributed by atoms with van der Waals surface area (Å²) in [6, 6.07) is 10.1. The number of allylic oxidation sites excluding steroid dienone is 2. The smallest absolute Gasteiger partial charge is 0.226 e. The Morgan fingerprint density at radius 1 is 1.06 bits per heavy atom. The van der Waals surface area contributed by atoms with Gasteiger partial charge in [-0.3, -0.25) is 4.79 Å². The molecule has 88 valence electrons. The molecule has 1 aliphatic heterocycles. The fourth-order valence-corrected chi connectivity index (χ4v) is 1.87. The number of likely N-dealkylation sites (tertiary alicyclic amines) is 1. The van der Waals surface area contributed by atoms with Crippen molar-refractivity contribution in [3.05, 3.63) is 54.2 Å². The summed E-state index contributed by atoms with van der Waals surface area (Å²) in [5.41, 5.74) is 1.17. The van der Waals surface area contributed by atoms with Gasteiger partial charge in [0.15, 0.2) is 0 Å². The van der Waals surface area contributed by atoms with Crippen LogP contribution in [0, 0.1) is 0 Å². The highest BCUT2D eigenvalue weighted by atomic mass is 16.2. The van der Waals surface area contributed by atoms with Gasteiger partial charge in [-0.25, -0.2) is 0 Å². The molecular weight excluding hydrogens is 210 g/mol. The van der Waals surface area contributed by atoms with Crippen molar-refractivity contribution in [1.29, 1.82) is 0 Å². The Bertz CT molecular complexity index is 420. The van der Waals surface area contributed by atoms with E-state index in [1.807, 2.05) is 42.6 Å². The molecule has 1 aromatic carbocycles. The van der Waals surface area contributed by atoms with Gasteiger partial charge in [0.25, 0.3) is 0 Å². The predicted octanol–water partition coefficient (Wildman–Crippen LogP) is 3.23. The fourth-order valence-electron chi connectivity index (χ4n) is 1.87. The molecule has 1 aliphatic rings. The lowest BCUT2D eigenvalue weighted by atomic mass is 10.1. The SMILES string of the molecule is O=C1CCCCN1/C=C/C=C\c1ccccc1. The highest BCUT2D eigenvalue weighted by molar-refractivity contribution is 5.77. The molecule has 0 aromatic heterocycles. The molecule has 2 nitrogen and oxygen atoms in total. The van der Waals surface area contributed by atoms with E-state index in [4.69, 9.17) is 0 Å². The fraction of sp³-hybridized carbons (Fsp3) is 0.267. The van der Waals surface area contributed by atoms with E-state index in [-0.39, 0.29) is 5.91 Å². The molecule has 0 spiro atoms. The van der Waals surface area contributed by atoms with Crippen LogP contribution in [0.2, 0.25) is 0 Å². The Labute approximate surface area is 102 Å². The molecule has 1 heterocycles. The van der Waals surface area contributed by atoms with Gasteiger partial charge in [-0.2, -0.15) is 0 Å². The van der Waals surface area contributed by atoms with E-state index in [1.165, 1.54) is 5.56 Å².